The highest BCUT2D eigenvalue weighted by Crippen LogP contribution is 2.48. The summed E-state index contributed by atoms with van der Waals surface area (Å²) < 4.78 is 0.932. The molecule has 5 heteroatoms. The summed E-state index contributed by atoms with van der Waals surface area (Å²) in [7, 11) is 0. The van der Waals surface area contributed by atoms with E-state index in [9.17, 15) is 14.7 Å². The van der Waals surface area contributed by atoms with Crippen molar-refractivity contribution in [2.45, 2.75) is 6.42 Å². The SMILES string of the molecule is O=C(O)C1C2C=CC(C2)C1C(=O)Nc1ccc(Br)cc1. The summed E-state index contributed by atoms with van der Waals surface area (Å²) in [6.07, 6.45) is 4.69. The van der Waals surface area contributed by atoms with E-state index in [0.717, 1.165) is 10.9 Å². The van der Waals surface area contributed by atoms with E-state index < -0.39 is 17.8 Å². The average molecular weight is 336 g/mol. The van der Waals surface area contributed by atoms with Crippen LogP contribution in [0.15, 0.2) is 40.9 Å². The monoisotopic (exact) mass is 335 g/mol. The van der Waals surface area contributed by atoms with Crippen molar-refractivity contribution in [2.24, 2.45) is 23.7 Å². The summed E-state index contributed by atoms with van der Waals surface area (Å²) in [6.45, 7) is 0. The van der Waals surface area contributed by atoms with Gasteiger partial charge in [0.15, 0.2) is 0 Å². The van der Waals surface area contributed by atoms with Gasteiger partial charge in [0.25, 0.3) is 0 Å². The van der Waals surface area contributed by atoms with Crippen molar-refractivity contribution >= 4 is 33.5 Å². The Hall–Kier alpha value is -1.62. The van der Waals surface area contributed by atoms with Gasteiger partial charge in [0.2, 0.25) is 5.91 Å². The first-order valence-corrected chi connectivity index (χ1v) is 7.33. The van der Waals surface area contributed by atoms with Gasteiger partial charge in [-0.1, -0.05) is 28.1 Å². The molecule has 0 spiro atoms. The number of benzene rings is 1. The topological polar surface area (TPSA) is 66.4 Å². The highest BCUT2D eigenvalue weighted by atomic mass is 79.9. The van der Waals surface area contributed by atoms with Crippen LogP contribution >= 0.6 is 15.9 Å². The predicted molar refractivity (Wildman–Crippen MR) is 78.1 cm³/mol. The summed E-state index contributed by atoms with van der Waals surface area (Å²) in [5.41, 5.74) is 0.689. The third-order valence-corrected chi connectivity index (χ3v) is 4.69. The number of carboxylic acids is 1. The van der Waals surface area contributed by atoms with Crippen molar-refractivity contribution in [1.82, 2.24) is 0 Å². The van der Waals surface area contributed by atoms with Crippen LogP contribution in [-0.2, 0) is 9.59 Å². The minimum atomic E-state index is -0.877. The van der Waals surface area contributed by atoms with Gasteiger partial charge in [0.1, 0.15) is 0 Å². The van der Waals surface area contributed by atoms with Crippen LogP contribution in [0.4, 0.5) is 5.69 Å². The lowest BCUT2D eigenvalue weighted by Crippen LogP contribution is -2.36. The Morgan fingerprint density at radius 3 is 2.30 bits per heavy atom. The Kier molecular flexibility index (Phi) is 3.38. The van der Waals surface area contributed by atoms with Crippen LogP contribution in [-0.4, -0.2) is 17.0 Å². The van der Waals surface area contributed by atoms with Crippen LogP contribution in [0.25, 0.3) is 0 Å². The Morgan fingerprint density at radius 1 is 1.10 bits per heavy atom. The minimum Gasteiger partial charge on any atom is -0.481 e. The number of fused-ring (bicyclic) bond motifs is 2. The summed E-state index contributed by atoms with van der Waals surface area (Å²) in [5.74, 6) is -2.09. The number of carbonyl (C=O) groups excluding carboxylic acids is 1. The predicted octanol–water partition coefficient (Wildman–Crippen LogP) is 2.91. The van der Waals surface area contributed by atoms with Crippen molar-refractivity contribution in [3.05, 3.63) is 40.9 Å². The van der Waals surface area contributed by atoms with Gasteiger partial charge in [0.05, 0.1) is 11.8 Å². The second-order valence-corrected chi connectivity index (χ2v) is 6.25. The second kappa shape index (κ2) is 5.05. The number of halogens is 1. The van der Waals surface area contributed by atoms with Crippen LogP contribution in [0.2, 0.25) is 0 Å². The molecule has 2 N–H and O–H groups in total. The number of hydrogen-bond donors (Lipinski definition) is 2. The Morgan fingerprint density at radius 2 is 1.70 bits per heavy atom. The molecule has 3 rings (SSSR count). The fraction of sp³-hybridized carbons (Fsp3) is 0.333. The zero-order valence-electron chi connectivity index (χ0n) is 10.6. The quantitative estimate of drug-likeness (QED) is 0.834. The lowest BCUT2D eigenvalue weighted by molar-refractivity contribution is -0.146. The first kappa shape index (κ1) is 13.4. The molecule has 2 bridgehead atoms. The number of aliphatic carboxylic acids is 1. The van der Waals surface area contributed by atoms with Crippen molar-refractivity contribution in [3.63, 3.8) is 0 Å². The van der Waals surface area contributed by atoms with E-state index in [0.29, 0.717) is 5.69 Å². The Labute approximate surface area is 125 Å². The third-order valence-electron chi connectivity index (χ3n) is 4.16. The summed E-state index contributed by atoms with van der Waals surface area (Å²) in [6, 6.07) is 7.26. The lowest BCUT2D eigenvalue weighted by Gasteiger charge is -2.23. The van der Waals surface area contributed by atoms with Crippen molar-refractivity contribution in [2.75, 3.05) is 5.32 Å². The highest BCUT2D eigenvalue weighted by Gasteiger charge is 2.51. The fourth-order valence-corrected chi connectivity index (χ4v) is 3.54. The first-order chi connectivity index (χ1) is 9.56. The number of hydrogen-bond acceptors (Lipinski definition) is 2. The van der Waals surface area contributed by atoms with Crippen LogP contribution < -0.4 is 5.32 Å². The smallest absolute Gasteiger partial charge is 0.307 e. The summed E-state index contributed by atoms with van der Waals surface area (Å²) >= 11 is 3.33. The van der Waals surface area contributed by atoms with E-state index in [2.05, 4.69) is 21.2 Å². The molecule has 4 nitrogen and oxygen atoms in total. The number of carboxylic acid groups (broad SMARTS) is 1. The zero-order chi connectivity index (χ0) is 14.3. The van der Waals surface area contributed by atoms with Gasteiger partial charge in [-0.15, -0.1) is 0 Å². The first-order valence-electron chi connectivity index (χ1n) is 6.54. The van der Waals surface area contributed by atoms with Crippen LogP contribution in [0, 0.1) is 23.7 Å². The molecule has 0 radical (unpaired) electrons. The molecule has 0 heterocycles. The van der Waals surface area contributed by atoms with Crippen molar-refractivity contribution in [1.29, 1.82) is 0 Å². The maximum atomic E-state index is 12.4. The molecule has 1 amide bonds. The number of nitrogens with one attached hydrogen (secondary N) is 1. The molecule has 1 saturated carbocycles. The molecule has 0 aliphatic heterocycles. The average Bonchev–Trinajstić information content (AvgIpc) is 3.01. The van der Waals surface area contributed by atoms with Gasteiger partial charge in [-0.2, -0.15) is 0 Å². The van der Waals surface area contributed by atoms with Gasteiger partial charge in [-0.25, -0.2) is 0 Å². The number of rotatable bonds is 3. The largest absolute Gasteiger partial charge is 0.481 e. The molecule has 1 aromatic carbocycles. The van der Waals surface area contributed by atoms with Crippen LogP contribution in [0.3, 0.4) is 0 Å². The molecule has 20 heavy (non-hydrogen) atoms. The molecular weight excluding hydrogens is 322 g/mol. The molecule has 4 unspecified atom stereocenters. The van der Waals surface area contributed by atoms with E-state index in [1.165, 1.54) is 0 Å². The molecule has 0 aromatic heterocycles. The number of anilines is 1. The van der Waals surface area contributed by atoms with Gasteiger partial charge < -0.3 is 10.4 Å². The normalized spacial score (nSPS) is 30.4. The van der Waals surface area contributed by atoms with Gasteiger partial charge in [-0.05, 0) is 42.5 Å². The standard InChI is InChI=1S/C15H14BrNO3/c16-10-3-5-11(6-4-10)17-14(18)12-8-1-2-9(7-8)13(12)15(19)20/h1-6,8-9,12-13H,7H2,(H,17,18)(H,19,20). The van der Waals surface area contributed by atoms with Gasteiger partial charge >= 0.3 is 5.97 Å². The molecule has 1 aromatic rings. The maximum Gasteiger partial charge on any atom is 0.307 e. The lowest BCUT2D eigenvalue weighted by atomic mass is 9.82. The number of carbonyl (C=O) groups is 2. The minimum absolute atomic E-state index is 0.00170. The number of amides is 1. The van der Waals surface area contributed by atoms with Gasteiger partial charge in [0, 0.05) is 10.2 Å². The van der Waals surface area contributed by atoms with Crippen molar-refractivity contribution in [3.8, 4) is 0 Å². The number of allylic oxidation sites excluding steroid dienone is 2. The maximum absolute atomic E-state index is 12.4. The van der Waals surface area contributed by atoms with Crippen molar-refractivity contribution < 1.29 is 14.7 Å². The van der Waals surface area contributed by atoms with E-state index in [4.69, 9.17) is 0 Å². The molecule has 0 saturated heterocycles. The molecule has 104 valence electrons. The second-order valence-electron chi connectivity index (χ2n) is 5.33. The third kappa shape index (κ3) is 2.26. The fourth-order valence-electron chi connectivity index (χ4n) is 3.28. The van der Waals surface area contributed by atoms with E-state index in [-0.39, 0.29) is 17.7 Å². The molecule has 1 fully saturated rings. The molecule has 2 aliphatic rings. The molecule has 4 atom stereocenters. The molecular formula is C15H14BrNO3. The highest BCUT2D eigenvalue weighted by molar-refractivity contribution is 9.10. The van der Waals surface area contributed by atoms with E-state index >= 15 is 0 Å². The Balaban J connectivity index is 1.78. The summed E-state index contributed by atoms with van der Waals surface area (Å²) in [4.78, 5) is 23.8. The zero-order valence-corrected chi connectivity index (χ0v) is 12.2. The van der Waals surface area contributed by atoms with E-state index in [1.54, 1.807) is 12.1 Å². The van der Waals surface area contributed by atoms with Crippen LogP contribution in [0.1, 0.15) is 6.42 Å². The van der Waals surface area contributed by atoms with E-state index in [1.807, 2.05) is 24.3 Å². The van der Waals surface area contributed by atoms with Gasteiger partial charge in [-0.3, -0.25) is 9.59 Å². The summed E-state index contributed by atoms with van der Waals surface area (Å²) in [5, 5.41) is 12.2. The Bertz CT molecular complexity index is 581. The van der Waals surface area contributed by atoms with Crippen LogP contribution in [0.5, 0.6) is 0 Å². The molecule has 2 aliphatic carbocycles.